The Hall–Kier alpha value is -4.84. The molecule has 0 saturated heterocycles. The third-order valence-corrected chi connectivity index (χ3v) is 6.20. The minimum absolute atomic E-state index is 0.429. The predicted octanol–water partition coefficient (Wildman–Crippen LogP) is 7.05. The quantitative estimate of drug-likeness (QED) is 0.259. The highest BCUT2D eigenvalue weighted by Gasteiger charge is 2.14. The van der Waals surface area contributed by atoms with E-state index >= 15 is 0 Å². The van der Waals surface area contributed by atoms with Gasteiger partial charge in [-0.2, -0.15) is 0 Å². The second-order valence-corrected chi connectivity index (χ2v) is 8.28. The van der Waals surface area contributed by atoms with Gasteiger partial charge in [0.1, 0.15) is 17.3 Å². The van der Waals surface area contributed by atoms with Gasteiger partial charge in [-0.25, -0.2) is 9.97 Å². The van der Waals surface area contributed by atoms with Crippen LogP contribution in [0.4, 0.5) is 0 Å². The highest BCUT2D eigenvalue weighted by Crippen LogP contribution is 2.36. The molecule has 36 heavy (non-hydrogen) atoms. The number of hydrogen-bond acceptors (Lipinski definition) is 5. The molecular weight excluding hydrogens is 450 g/mol. The van der Waals surface area contributed by atoms with Gasteiger partial charge < -0.3 is 14.2 Å². The number of ether oxygens (including phenoxy) is 3. The van der Waals surface area contributed by atoms with Gasteiger partial charge in [-0.15, -0.1) is 0 Å². The Morgan fingerprint density at radius 1 is 0.639 bits per heavy atom. The molecule has 3 aromatic heterocycles. The number of hydrogen-bond donors (Lipinski definition) is 0. The van der Waals surface area contributed by atoms with E-state index in [9.17, 15) is 0 Å². The maximum atomic E-state index is 6.05. The molecule has 0 spiro atoms. The lowest BCUT2D eigenvalue weighted by Gasteiger charge is -2.11. The number of pyridine rings is 2. The van der Waals surface area contributed by atoms with Crippen LogP contribution in [-0.2, 0) is 0 Å². The lowest BCUT2D eigenvalue weighted by atomic mass is 10.0. The van der Waals surface area contributed by atoms with Crippen LogP contribution in [0.1, 0.15) is 0 Å². The molecule has 6 aromatic rings. The number of aromatic nitrogens is 3. The van der Waals surface area contributed by atoms with Crippen molar-refractivity contribution in [1.29, 1.82) is 0 Å². The molecular formula is C30H23N3O3. The van der Waals surface area contributed by atoms with Crippen LogP contribution in [0.5, 0.6) is 23.1 Å². The van der Waals surface area contributed by atoms with Gasteiger partial charge in [0.05, 0.1) is 31.4 Å². The minimum Gasteiger partial charge on any atom is -0.495 e. The van der Waals surface area contributed by atoms with E-state index in [-0.39, 0.29) is 0 Å². The summed E-state index contributed by atoms with van der Waals surface area (Å²) >= 11 is 0. The number of nitrogens with zero attached hydrogens (tertiary/aromatic N) is 3. The van der Waals surface area contributed by atoms with Crippen LogP contribution >= 0.6 is 0 Å². The number of rotatable bonds is 6. The normalized spacial score (nSPS) is 11.1. The fraction of sp³-hybridized carbons (Fsp3) is 0.0667. The van der Waals surface area contributed by atoms with Gasteiger partial charge in [-0.3, -0.25) is 4.57 Å². The van der Waals surface area contributed by atoms with Crippen LogP contribution in [0.2, 0.25) is 0 Å². The van der Waals surface area contributed by atoms with E-state index in [1.165, 1.54) is 5.39 Å². The molecule has 0 bridgehead atoms. The summed E-state index contributed by atoms with van der Waals surface area (Å²) in [5, 5.41) is 2.34. The van der Waals surface area contributed by atoms with Crippen molar-refractivity contribution >= 4 is 21.8 Å². The molecule has 0 atom stereocenters. The topological polar surface area (TPSA) is 58.4 Å². The van der Waals surface area contributed by atoms with Gasteiger partial charge in [0.25, 0.3) is 5.88 Å². The zero-order valence-electron chi connectivity index (χ0n) is 19.9. The van der Waals surface area contributed by atoms with E-state index in [1.807, 2.05) is 42.5 Å². The second kappa shape index (κ2) is 9.07. The minimum atomic E-state index is 0.429. The average Bonchev–Trinajstić information content (AvgIpc) is 3.27. The van der Waals surface area contributed by atoms with Crippen LogP contribution in [0.25, 0.3) is 38.8 Å². The molecule has 3 aromatic carbocycles. The first-order valence-electron chi connectivity index (χ1n) is 11.6. The SMILES string of the molecule is COc1ccc(-n2c3ccccc3c3ccc(-c4cccc(Oc5ncccc5OC)c4)cc32)nc1. The van der Waals surface area contributed by atoms with Gasteiger partial charge in [0.15, 0.2) is 5.75 Å². The van der Waals surface area contributed by atoms with Crippen molar-refractivity contribution in [2.45, 2.75) is 0 Å². The fourth-order valence-corrected chi connectivity index (χ4v) is 4.48. The molecule has 0 saturated carbocycles. The van der Waals surface area contributed by atoms with Crippen molar-refractivity contribution in [3.8, 4) is 40.1 Å². The lowest BCUT2D eigenvalue weighted by Crippen LogP contribution is -1.97. The Labute approximate surface area is 208 Å². The monoisotopic (exact) mass is 473 g/mol. The van der Waals surface area contributed by atoms with Crippen molar-refractivity contribution in [2.75, 3.05) is 14.2 Å². The zero-order valence-corrected chi connectivity index (χ0v) is 19.9. The number of fused-ring (bicyclic) bond motifs is 3. The van der Waals surface area contributed by atoms with Crippen molar-refractivity contribution in [1.82, 2.24) is 14.5 Å². The molecule has 0 radical (unpaired) electrons. The summed E-state index contributed by atoms with van der Waals surface area (Å²) in [4.78, 5) is 8.97. The summed E-state index contributed by atoms with van der Waals surface area (Å²) in [5.74, 6) is 3.25. The Morgan fingerprint density at radius 2 is 1.50 bits per heavy atom. The van der Waals surface area contributed by atoms with Crippen LogP contribution in [-0.4, -0.2) is 28.8 Å². The standard InChI is InChI=1S/C30H23N3O3/c1-34-23-13-15-29(32-19-23)33-26-10-4-3-9-24(26)25-14-12-21(18-27(25)33)20-7-5-8-22(17-20)36-30-28(35-2)11-6-16-31-30/h3-19H,1-2H3. The van der Waals surface area contributed by atoms with Crippen LogP contribution in [0, 0.1) is 0 Å². The molecule has 0 unspecified atom stereocenters. The summed E-state index contributed by atoms with van der Waals surface area (Å²) in [6, 6.07) is 30.4. The Morgan fingerprint density at radius 3 is 2.33 bits per heavy atom. The largest absolute Gasteiger partial charge is 0.495 e. The highest BCUT2D eigenvalue weighted by molar-refractivity contribution is 6.10. The number of para-hydroxylation sites is 1. The summed E-state index contributed by atoms with van der Waals surface area (Å²) in [6.45, 7) is 0. The molecule has 6 rings (SSSR count). The fourth-order valence-electron chi connectivity index (χ4n) is 4.48. The molecule has 6 nitrogen and oxygen atoms in total. The van der Waals surface area contributed by atoms with Crippen LogP contribution in [0.15, 0.2) is 103 Å². The van der Waals surface area contributed by atoms with E-state index in [0.29, 0.717) is 17.4 Å². The smallest absolute Gasteiger partial charge is 0.262 e. The summed E-state index contributed by atoms with van der Waals surface area (Å²) in [7, 11) is 3.25. The lowest BCUT2D eigenvalue weighted by molar-refractivity contribution is 0.369. The second-order valence-electron chi connectivity index (χ2n) is 8.28. The van der Waals surface area contributed by atoms with E-state index in [2.05, 4.69) is 63.1 Å². The third-order valence-electron chi connectivity index (χ3n) is 6.20. The first kappa shape index (κ1) is 21.7. The van der Waals surface area contributed by atoms with E-state index in [4.69, 9.17) is 14.2 Å². The van der Waals surface area contributed by atoms with Crippen molar-refractivity contribution in [2.24, 2.45) is 0 Å². The van der Waals surface area contributed by atoms with Crippen molar-refractivity contribution in [3.63, 3.8) is 0 Å². The maximum Gasteiger partial charge on any atom is 0.262 e. The molecule has 0 aliphatic heterocycles. The molecule has 0 N–H and O–H groups in total. The van der Waals surface area contributed by atoms with Crippen molar-refractivity contribution in [3.05, 3.63) is 103 Å². The number of methoxy groups -OCH3 is 2. The molecule has 3 heterocycles. The summed E-state index contributed by atoms with van der Waals surface area (Å²) in [5.41, 5.74) is 4.27. The van der Waals surface area contributed by atoms with Crippen LogP contribution < -0.4 is 14.2 Å². The molecule has 0 aliphatic carbocycles. The van der Waals surface area contributed by atoms with Gasteiger partial charge >= 0.3 is 0 Å². The first-order chi connectivity index (χ1) is 17.7. The summed E-state index contributed by atoms with van der Waals surface area (Å²) in [6.07, 6.45) is 3.42. The van der Waals surface area contributed by atoms with Gasteiger partial charge in [-0.1, -0.05) is 42.5 Å². The van der Waals surface area contributed by atoms with E-state index < -0.39 is 0 Å². The summed E-state index contributed by atoms with van der Waals surface area (Å²) < 4.78 is 18.9. The average molecular weight is 474 g/mol. The van der Waals surface area contributed by atoms with E-state index in [0.717, 1.165) is 39.1 Å². The van der Waals surface area contributed by atoms with Gasteiger partial charge in [-0.05, 0) is 59.7 Å². The Bertz CT molecular complexity index is 1690. The third kappa shape index (κ3) is 3.79. The molecule has 0 aliphatic rings. The molecule has 176 valence electrons. The maximum absolute atomic E-state index is 6.05. The predicted molar refractivity (Wildman–Crippen MR) is 141 cm³/mol. The van der Waals surface area contributed by atoms with Crippen LogP contribution in [0.3, 0.4) is 0 Å². The number of benzene rings is 3. The van der Waals surface area contributed by atoms with E-state index in [1.54, 1.807) is 26.6 Å². The highest BCUT2D eigenvalue weighted by atomic mass is 16.5. The Kier molecular flexibility index (Phi) is 5.46. The first-order valence-corrected chi connectivity index (χ1v) is 11.6. The zero-order chi connectivity index (χ0) is 24.5. The van der Waals surface area contributed by atoms with Gasteiger partial charge in [0, 0.05) is 17.0 Å². The molecule has 0 amide bonds. The van der Waals surface area contributed by atoms with Gasteiger partial charge in [0.2, 0.25) is 0 Å². The molecule has 6 heteroatoms. The van der Waals surface area contributed by atoms with Crippen molar-refractivity contribution < 1.29 is 14.2 Å². The Balaban J connectivity index is 1.47. The molecule has 0 fully saturated rings.